The molecule has 18 heavy (non-hydrogen) atoms. The third-order valence-electron chi connectivity index (χ3n) is 3.50. The average molecular weight is 247 g/mol. The first-order valence-corrected chi connectivity index (χ1v) is 6.63. The molecule has 0 aromatic heterocycles. The van der Waals surface area contributed by atoms with Crippen molar-refractivity contribution in [2.45, 2.75) is 45.6 Å². The van der Waals surface area contributed by atoms with Crippen LogP contribution in [0.15, 0.2) is 18.2 Å². The summed E-state index contributed by atoms with van der Waals surface area (Å²) in [5.74, 6) is 0.406. The fraction of sp³-hybridized carbons (Fsp3) is 0.533. The Kier molecular flexibility index (Phi) is 3.90. The van der Waals surface area contributed by atoms with Crippen molar-refractivity contribution >= 4 is 11.7 Å². The van der Waals surface area contributed by atoms with E-state index in [2.05, 4.69) is 6.92 Å². The second-order valence-corrected chi connectivity index (χ2v) is 5.43. The lowest BCUT2D eigenvalue weighted by Gasteiger charge is -2.26. The topological polar surface area (TPSA) is 52.3 Å². The molecule has 0 spiro atoms. The van der Waals surface area contributed by atoms with E-state index in [4.69, 9.17) is 10.5 Å². The van der Waals surface area contributed by atoms with Gasteiger partial charge in [0.05, 0.1) is 5.56 Å². The first-order valence-electron chi connectivity index (χ1n) is 6.63. The van der Waals surface area contributed by atoms with Crippen LogP contribution in [0.1, 0.15) is 48.5 Å². The molecule has 0 amide bonds. The minimum Gasteiger partial charge on any atom is -0.459 e. The van der Waals surface area contributed by atoms with Crippen molar-refractivity contribution in [1.29, 1.82) is 0 Å². The minimum atomic E-state index is -0.246. The van der Waals surface area contributed by atoms with Crippen molar-refractivity contribution in [3.05, 3.63) is 29.3 Å². The summed E-state index contributed by atoms with van der Waals surface area (Å²) in [5.41, 5.74) is 7.90. The standard InChI is InChI=1S/C15H21NO2/c1-10-4-3-5-14(8-10)18-15(17)12-6-11(2)7-13(16)9-12/h6-7,9-10,14H,3-5,8,16H2,1-2H3. The van der Waals surface area contributed by atoms with Gasteiger partial charge in [-0.2, -0.15) is 0 Å². The number of anilines is 1. The molecular formula is C15H21NO2. The van der Waals surface area contributed by atoms with Crippen molar-refractivity contribution in [2.75, 3.05) is 5.73 Å². The highest BCUT2D eigenvalue weighted by Crippen LogP contribution is 2.26. The van der Waals surface area contributed by atoms with E-state index in [-0.39, 0.29) is 12.1 Å². The highest BCUT2D eigenvalue weighted by molar-refractivity contribution is 5.90. The molecule has 0 radical (unpaired) electrons. The van der Waals surface area contributed by atoms with Crippen molar-refractivity contribution < 1.29 is 9.53 Å². The van der Waals surface area contributed by atoms with Gasteiger partial charge in [-0.1, -0.05) is 13.3 Å². The van der Waals surface area contributed by atoms with E-state index < -0.39 is 0 Å². The van der Waals surface area contributed by atoms with Crippen LogP contribution in [0.25, 0.3) is 0 Å². The van der Waals surface area contributed by atoms with Crippen LogP contribution in [0.5, 0.6) is 0 Å². The molecule has 0 heterocycles. The number of benzene rings is 1. The molecule has 3 nitrogen and oxygen atoms in total. The molecule has 3 heteroatoms. The molecular weight excluding hydrogens is 226 g/mol. The summed E-state index contributed by atoms with van der Waals surface area (Å²) in [7, 11) is 0. The summed E-state index contributed by atoms with van der Waals surface area (Å²) in [6.07, 6.45) is 4.42. The number of carbonyl (C=O) groups excluding carboxylic acids is 1. The monoisotopic (exact) mass is 247 g/mol. The van der Waals surface area contributed by atoms with Gasteiger partial charge in [-0.3, -0.25) is 0 Å². The Morgan fingerprint density at radius 1 is 1.33 bits per heavy atom. The summed E-state index contributed by atoms with van der Waals surface area (Å²) in [5, 5.41) is 0. The van der Waals surface area contributed by atoms with Gasteiger partial charge in [0.15, 0.2) is 0 Å². The van der Waals surface area contributed by atoms with E-state index >= 15 is 0 Å². The molecule has 1 fully saturated rings. The Morgan fingerprint density at radius 2 is 2.11 bits per heavy atom. The molecule has 2 unspecified atom stereocenters. The third kappa shape index (κ3) is 3.25. The molecule has 1 aliphatic rings. The molecule has 2 N–H and O–H groups in total. The Morgan fingerprint density at radius 3 is 2.78 bits per heavy atom. The van der Waals surface area contributed by atoms with Gasteiger partial charge >= 0.3 is 5.97 Å². The number of ether oxygens (including phenoxy) is 1. The maximum Gasteiger partial charge on any atom is 0.338 e. The van der Waals surface area contributed by atoms with Gasteiger partial charge < -0.3 is 10.5 Å². The predicted octanol–water partition coefficient (Wildman–Crippen LogP) is 3.31. The fourth-order valence-electron chi connectivity index (χ4n) is 2.64. The molecule has 0 aliphatic heterocycles. The zero-order valence-electron chi connectivity index (χ0n) is 11.1. The number of carbonyl (C=O) groups is 1. The van der Waals surface area contributed by atoms with Crippen LogP contribution < -0.4 is 5.73 Å². The van der Waals surface area contributed by atoms with E-state index in [0.29, 0.717) is 17.2 Å². The van der Waals surface area contributed by atoms with Crippen LogP contribution in [-0.2, 0) is 4.74 Å². The Balaban J connectivity index is 2.02. The minimum absolute atomic E-state index is 0.0722. The number of hydrogen-bond acceptors (Lipinski definition) is 3. The summed E-state index contributed by atoms with van der Waals surface area (Å²) < 4.78 is 5.56. The number of nitrogen functional groups attached to an aromatic ring is 1. The fourth-order valence-corrected chi connectivity index (χ4v) is 2.64. The van der Waals surface area contributed by atoms with Gasteiger partial charge in [-0.15, -0.1) is 0 Å². The smallest absolute Gasteiger partial charge is 0.338 e. The summed E-state index contributed by atoms with van der Waals surface area (Å²) in [4.78, 5) is 12.0. The number of hydrogen-bond donors (Lipinski definition) is 1. The van der Waals surface area contributed by atoms with E-state index in [1.54, 1.807) is 6.07 Å². The summed E-state index contributed by atoms with van der Waals surface area (Å²) >= 11 is 0. The lowest BCUT2D eigenvalue weighted by Crippen LogP contribution is -2.24. The molecule has 0 bridgehead atoms. The van der Waals surface area contributed by atoms with Crippen LogP contribution in [0.4, 0.5) is 5.69 Å². The molecule has 98 valence electrons. The van der Waals surface area contributed by atoms with Crippen molar-refractivity contribution in [3.8, 4) is 0 Å². The van der Waals surface area contributed by atoms with E-state index in [1.807, 2.05) is 19.1 Å². The van der Waals surface area contributed by atoms with E-state index in [9.17, 15) is 4.79 Å². The number of aryl methyl sites for hydroxylation is 1. The highest BCUT2D eigenvalue weighted by Gasteiger charge is 2.22. The normalized spacial score (nSPS) is 23.7. The van der Waals surface area contributed by atoms with Crippen LogP contribution >= 0.6 is 0 Å². The SMILES string of the molecule is Cc1cc(N)cc(C(=O)OC2CCCC(C)C2)c1. The second-order valence-electron chi connectivity index (χ2n) is 5.43. The zero-order valence-corrected chi connectivity index (χ0v) is 11.1. The largest absolute Gasteiger partial charge is 0.459 e. The molecule has 2 atom stereocenters. The molecule has 0 saturated heterocycles. The quantitative estimate of drug-likeness (QED) is 0.644. The van der Waals surface area contributed by atoms with Gasteiger partial charge in [0, 0.05) is 5.69 Å². The number of rotatable bonds is 2. The number of nitrogens with two attached hydrogens (primary N) is 1. The van der Waals surface area contributed by atoms with Gasteiger partial charge in [-0.25, -0.2) is 4.79 Å². The molecule has 1 aromatic rings. The Bertz CT molecular complexity index is 422. The maximum absolute atomic E-state index is 12.0. The predicted molar refractivity (Wildman–Crippen MR) is 72.4 cm³/mol. The van der Waals surface area contributed by atoms with Crippen molar-refractivity contribution in [1.82, 2.24) is 0 Å². The van der Waals surface area contributed by atoms with Crippen molar-refractivity contribution in [3.63, 3.8) is 0 Å². The lowest BCUT2D eigenvalue weighted by molar-refractivity contribution is 0.0155. The molecule has 1 aliphatic carbocycles. The Labute approximate surface area is 108 Å². The first-order chi connectivity index (χ1) is 8.54. The van der Waals surface area contributed by atoms with Gasteiger partial charge in [-0.05, 0) is 55.9 Å². The molecule has 1 aromatic carbocycles. The zero-order chi connectivity index (χ0) is 13.1. The van der Waals surface area contributed by atoms with Gasteiger partial charge in [0.1, 0.15) is 6.10 Å². The van der Waals surface area contributed by atoms with Crippen LogP contribution in [-0.4, -0.2) is 12.1 Å². The summed E-state index contributed by atoms with van der Waals surface area (Å²) in [6, 6.07) is 5.35. The van der Waals surface area contributed by atoms with Crippen molar-refractivity contribution in [2.24, 2.45) is 5.92 Å². The lowest BCUT2D eigenvalue weighted by atomic mass is 9.89. The number of esters is 1. The van der Waals surface area contributed by atoms with Crippen LogP contribution in [0.2, 0.25) is 0 Å². The first kappa shape index (κ1) is 12.9. The second kappa shape index (κ2) is 5.42. The maximum atomic E-state index is 12.0. The molecule has 1 saturated carbocycles. The van der Waals surface area contributed by atoms with E-state index in [1.165, 1.54) is 6.42 Å². The highest BCUT2D eigenvalue weighted by atomic mass is 16.5. The summed E-state index contributed by atoms with van der Waals surface area (Å²) in [6.45, 7) is 4.14. The average Bonchev–Trinajstić information content (AvgIpc) is 2.27. The van der Waals surface area contributed by atoms with Gasteiger partial charge in [0.25, 0.3) is 0 Å². The van der Waals surface area contributed by atoms with Crippen LogP contribution in [0.3, 0.4) is 0 Å². The van der Waals surface area contributed by atoms with Crippen LogP contribution in [0, 0.1) is 12.8 Å². The van der Waals surface area contributed by atoms with E-state index in [0.717, 1.165) is 24.8 Å². The molecule has 2 rings (SSSR count). The van der Waals surface area contributed by atoms with Gasteiger partial charge in [0.2, 0.25) is 0 Å². The third-order valence-corrected chi connectivity index (χ3v) is 3.50. The Hall–Kier alpha value is -1.51.